The van der Waals surface area contributed by atoms with Crippen LogP contribution in [-0.2, 0) is 4.79 Å². The molecule has 2 aromatic rings. The first-order chi connectivity index (χ1) is 11.1. The Morgan fingerprint density at radius 3 is 2.65 bits per heavy atom. The van der Waals surface area contributed by atoms with Gasteiger partial charge in [0.25, 0.3) is 5.91 Å². The number of amides is 1. The molecule has 2 rings (SSSR count). The molecular formula is C17H14N4O2. The Labute approximate surface area is 133 Å². The van der Waals surface area contributed by atoms with Gasteiger partial charge < -0.3 is 10.6 Å². The highest BCUT2D eigenvalue weighted by atomic mass is 16.1. The predicted molar refractivity (Wildman–Crippen MR) is 86.6 cm³/mol. The lowest BCUT2D eigenvalue weighted by Crippen LogP contribution is -2.14. The maximum Gasteiger partial charge on any atom is 0.267 e. The van der Waals surface area contributed by atoms with E-state index < -0.39 is 5.91 Å². The van der Waals surface area contributed by atoms with Crippen LogP contribution in [0.15, 0.2) is 60.6 Å². The first-order valence-electron chi connectivity index (χ1n) is 6.79. The molecule has 1 amide bonds. The summed E-state index contributed by atoms with van der Waals surface area (Å²) >= 11 is 0. The van der Waals surface area contributed by atoms with Crippen molar-refractivity contribution in [1.29, 1.82) is 5.26 Å². The number of hydrogen-bond acceptors (Lipinski definition) is 5. The highest BCUT2D eigenvalue weighted by molar-refractivity contribution is 6.07. The minimum Gasteiger partial charge on any atom is -0.359 e. The van der Waals surface area contributed by atoms with Crippen LogP contribution in [0, 0.1) is 11.3 Å². The molecule has 1 heterocycles. The van der Waals surface area contributed by atoms with Gasteiger partial charge >= 0.3 is 0 Å². The van der Waals surface area contributed by atoms with Gasteiger partial charge in [-0.2, -0.15) is 5.26 Å². The molecule has 0 saturated heterocycles. The molecule has 6 nitrogen and oxygen atoms in total. The van der Waals surface area contributed by atoms with Gasteiger partial charge in [-0.05, 0) is 31.2 Å². The Bertz CT molecular complexity index is 792. The fourth-order valence-corrected chi connectivity index (χ4v) is 1.77. The molecule has 0 saturated carbocycles. The maximum atomic E-state index is 12.1. The number of rotatable bonds is 5. The van der Waals surface area contributed by atoms with E-state index in [9.17, 15) is 9.59 Å². The van der Waals surface area contributed by atoms with Crippen molar-refractivity contribution in [1.82, 2.24) is 4.98 Å². The van der Waals surface area contributed by atoms with Gasteiger partial charge in [-0.1, -0.05) is 12.1 Å². The zero-order valence-corrected chi connectivity index (χ0v) is 12.4. The molecule has 0 atom stereocenters. The number of carbonyl (C=O) groups excluding carboxylic acids is 2. The molecule has 6 heteroatoms. The standard InChI is InChI=1S/C17H14N4O2/c1-12(22)13-4-2-5-15(8-13)21-17(23)14(9-18)10-20-16-6-3-7-19-11-16/h2-8,10-11,20H,1H3,(H,21,23)/b14-10-. The van der Waals surface area contributed by atoms with Gasteiger partial charge in [-0.25, -0.2) is 0 Å². The van der Waals surface area contributed by atoms with E-state index in [0.29, 0.717) is 16.9 Å². The van der Waals surface area contributed by atoms with Crippen LogP contribution < -0.4 is 10.6 Å². The normalized spacial score (nSPS) is 10.5. The number of anilines is 2. The lowest BCUT2D eigenvalue weighted by molar-refractivity contribution is -0.112. The van der Waals surface area contributed by atoms with Crippen LogP contribution in [0.1, 0.15) is 17.3 Å². The summed E-state index contributed by atoms with van der Waals surface area (Å²) in [5.41, 5.74) is 1.50. The largest absolute Gasteiger partial charge is 0.359 e. The Morgan fingerprint density at radius 1 is 1.22 bits per heavy atom. The number of ketones is 1. The van der Waals surface area contributed by atoms with Crippen LogP contribution in [0.5, 0.6) is 0 Å². The molecule has 23 heavy (non-hydrogen) atoms. The van der Waals surface area contributed by atoms with Crippen molar-refractivity contribution in [3.63, 3.8) is 0 Å². The van der Waals surface area contributed by atoms with E-state index in [4.69, 9.17) is 5.26 Å². The Morgan fingerprint density at radius 2 is 2.00 bits per heavy atom. The van der Waals surface area contributed by atoms with E-state index in [2.05, 4.69) is 15.6 Å². The second-order valence-electron chi connectivity index (χ2n) is 4.65. The molecule has 2 N–H and O–H groups in total. The van der Waals surface area contributed by atoms with Gasteiger partial charge in [-0.15, -0.1) is 0 Å². The fourth-order valence-electron chi connectivity index (χ4n) is 1.77. The minimum absolute atomic E-state index is 0.0953. The van der Waals surface area contributed by atoms with Crippen molar-refractivity contribution in [2.24, 2.45) is 0 Å². The van der Waals surface area contributed by atoms with Crippen molar-refractivity contribution in [2.45, 2.75) is 6.92 Å². The van der Waals surface area contributed by atoms with E-state index in [1.165, 1.54) is 13.1 Å². The van der Waals surface area contributed by atoms with Crippen LogP contribution in [-0.4, -0.2) is 16.7 Å². The summed E-state index contributed by atoms with van der Waals surface area (Å²) in [6.07, 6.45) is 4.50. The predicted octanol–water partition coefficient (Wildman–Crippen LogP) is 2.74. The van der Waals surface area contributed by atoms with Gasteiger partial charge in [0.1, 0.15) is 11.6 Å². The number of Topliss-reactive ketones (excluding diaryl/α,β-unsaturated/α-hetero) is 1. The summed E-state index contributed by atoms with van der Waals surface area (Å²) in [7, 11) is 0. The summed E-state index contributed by atoms with van der Waals surface area (Å²) in [5, 5.41) is 14.5. The van der Waals surface area contributed by atoms with Gasteiger partial charge in [0.05, 0.1) is 11.9 Å². The monoisotopic (exact) mass is 306 g/mol. The SMILES string of the molecule is CC(=O)c1cccc(NC(=O)/C(C#N)=C\Nc2cccnc2)c1. The van der Waals surface area contributed by atoms with E-state index in [1.807, 2.05) is 6.07 Å². The maximum absolute atomic E-state index is 12.1. The fraction of sp³-hybridized carbons (Fsp3) is 0.0588. The smallest absolute Gasteiger partial charge is 0.267 e. The third kappa shape index (κ3) is 4.51. The first kappa shape index (κ1) is 15.9. The first-order valence-corrected chi connectivity index (χ1v) is 6.79. The Kier molecular flexibility index (Phi) is 5.21. The molecule has 0 radical (unpaired) electrons. The number of nitrogens with one attached hydrogen (secondary N) is 2. The molecule has 0 aliphatic heterocycles. The van der Waals surface area contributed by atoms with Gasteiger partial charge in [0.15, 0.2) is 5.78 Å². The molecule has 114 valence electrons. The van der Waals surface area contributed by atoms with Gasteiger partial charge in [-0.3, -0.25) is 14.6 Å². The lowest BCUT2D eigenvalue weighted by atomic mass is 10.1. The minimum atomic E-state index is -0.565. The van der Waals surface area contributed by atoms with Crippen molar-refractivity contribution < 1.29 is 9.59 Å². The third-order valence-electron chi connectivity index (χ3n) is 2.94. The summed E-state index contributed by atoms with van der Waals surface area (Å²) < 4.78 is 0. The Hall–Kier alpha value is -3.46. The summed E-state index contributed by atoms with van der Waals surface area (Å²) in [6, 6.07) is 11.8. The number of pyridine rings is 1. The zero-order valence-electron chi connectivity index (χ0n) is 12.4. The highest BCUT2D eigenvalue weighted by Crippen LogP contribution is 2.12. The van der Waals surface area contributed by atoms with Crippen LogP contribution in [0.4, 0.5) is 11.4 Å². The number of carbonyl (C=O) groups is 2. The van der Waals surface area contributed by atoms with Gasteiger partial charge in [0, 0.05) is 23.6 Å². The van der Waals surface area contributed by atoms with E-state index in [0.717, 1.165) is 0 Å². The number of nitrogens with zero attached hydrogens (tertiary/aromatic N) is 2. The molecular weight excluding hydrogens is 292 g/mol. The summed E-state index contributed by atoms with van der Waals surface area (Å²) in [6.45, 7) is 1.44. The summed E-state index contributed by atoms with van der Waals surface area (Å²) in [4.78, 5) is 27.4. The number of aromatic nitrogens is 1. The molecule has 1 aromatic carbocycles. The van der Waals surface area contributed by atoms with Crippen molar-refractivity contribution in [3.8, 4) is 6.07 Å². The second-order valence-corrected chi connectivity index (χ2v) is 4.65. The molecule has 0 aliphatic rings. The number of benzene rings is 1. The summed E-state index contributed by atoms with van der Waals surface area (Å²) in [5.74, 6) is -0.667. The zero-order chi connectivity index (χ0) is 16.7. The number of hydrogen-bond donors (Lipinski definition) is 2. The van der Waals surface area contributed by atoms with Crippen LogP contribution >= 0.6 is 0 Å². The van der Waals surface area contributed by atoms with Gasteiger partial charge in [0.2, 0.25) is 0 Å². The third-order valence-corrected chi connectivity index (χ3v) is 2.94. The molecule has 0 unspecified atom stereocenters. The average molecular weight is 306 g/mol. The van der Waals surface area contributed by atoms with E-state index >= 15 is 0 Å². The highest BCUT2D eigenvalue weighted by Gasteiger charge is 2.10. The number of nitriles is 1. The van der Waals surface area contributed by atoms with Crippen molar-refractivity contribution in [2.75, 3.05) is 10.6 Å². The van der Waals surface area contributed by atoms with Crippen molar-refractivity contribution in [3.05, 3.63) is 66.1 Å². The second kappa shape index (κ2) is 7.52. The quantitative estimate of drug-likeness (QED) is 0.503. The topological polar surface area (TPSA) is 94.9 Å². The van der Waals surface area contributed by atoms with E-state index in [1.54, 1.807) is 48.8 Å². The lowest BCUT2D eigenvalue weighted by Gasteiger charge is -2.06. The van der Waals surface area contributed by atoms with E-state index in [-0.39, 0.29) is 11.4 Å². The van der Waals surface area contributed by atoms with Crippen LogP contribution in [0.25, 0.3) is 0 Å². The molecule has 0 fully saturated rings. The Balaban J connectivity index is 2.10. The van der Waals surface area contributed by atoms with Crippen LogP contribution in [0.2, 0.25) is 0 Å². The average Bonchev–Trinajstić information content (AvgIpc) is 2.56. The molecule has 0 aliphatic carbocycles. The molecule has 1 aromatic heterocycles. The molecule has 0 bridgehead atoms. The van der Waals surface area contributed by atoms with Crippen LogP contribution in [0.3, 0.4) is 0 Å². The molecule has 0 spiro atoms. The van der Waals surface area contributed by atoms with Crippen molar-refractivity contribution >= 4 is 23.1 Å².